The molecule has 0 saturated heterocycles. The smallest absolute Gasteiger partial charge is 0.332 e. The number of rotatable bonds is 5. The van der Waals surface area contributed by atoms with Crippen LogP contribution in [0.4, 0.5) is 11.5 Å². The quantitative estimate of drug-likeness (QED) is 0.495. The molecular formula is C11H14ClN5O3. The minimum Gasteiger partial charge on any atom is -0.352 e. The van der Waals surface area contributed by atoms with E-state index >= 15 is 0 Å². The van der Waals surface area contributed by atoms with E-state index in [0.717, 1.165) is 12.8 Å². The first-order valence-electron chi connectivity index (χ1n) is 6.07. The van der Waals surface area contributed by atoms with Crippen LogP contribution in [0.2, 0.25) is 5.28 Å². The lowest BCUT2D eigenvalue weighted by Crippen LogP contribution is -2.37. The molecule has 9 heteroatoms. The fourth-order valence-corrected chi connectivity index (χ4v) is 2.00. The average molecular weight is 300 g/mol. The van der Waals surface area contributed by atoms with Gasteiger partial charge in [0.1, 0.15) is 5.69 Å². The maximum Gasteiger partial charge on any atom is 0.332 e. The van der Waals surface area contributed by atoms with Gasteiger partial charge >= 0.3 is 5.69 Å². The molecular weight excluding hydrogens is 286 g/mol. The second-order valence-corrected chi connectivity index (χ2v) is 5.04. The van der Waals surface area contributed by atoms with Gasteiger partial charge in [-0.25, -0.2) is 4.98 Å². The van der Waals surface area contributed by atoms with Crippen LogP contribution in [0.3, 0.4) is 0 Å². The topological polar surface area (TPSA) is 101 Å². The van der Waals surface area contributed by atoms with Gasteiger partial charge in [-0.1, -0.05) is 0 Å². The van der Waals surface area contributed by atoms with E-state index in [0.29, 0.717) is 0 Å². The second-order valence-electron chi connectivity index (χ2n) is 4.71. The van der Waals surface area contributed by atoms with E-state index in [1.54, 1.807) is 7.05 Å². The monoisotopic (exact) mass is 299 g/mol. The number of hydrogen-bond acceptors (Lipinski definition) is 6. The first kappa shape index (κ1) is 14.4. The maximum absolute atomic E-state index is 11.7. The molecule has 0 bridgehead atoms. The lowest BCUT2D eigenvalue weighted by atomic mass is 10.3. The largest absolute Gasteiger partial charge is 0.352 e. The Hall–Kier alpha value is -1.96. The van der Waals surface area contributed by atoms with Crippen molar-refractivity contribution in [3.63, 3.8) is 0 Å². The molecule has 1 aromatic rings. The highest BCUT2D eigenvalue weighted by Gasteiger charge is 2.27. The van der Waals surface area contributed by atoms with Crippen LogP contribution in [0, 0.1) is 17.0 Å². The summed E-state index contributed by atoms with van der Waals surface area (Å²) in [5, 5.41) is 13.8. The van der Waals surface area contributed by atoms with Gasteiger partial charge in [-0.05, 0) is 31.4 Å². The van der Waals surface area contributed by atoms with Gasteiger partial charge in [0, 0.05) is 13.1 Å². The van der Waals surface area contributed by atoms with E-state index < -0.39 is 4.92 Å². The molecule has 1 aromatic heterocycles. The van der Waals surface area contributed by atoms with Gasteiger partial charge in [-0.3, -0.25) is 14.9 Å². The molecule has 0 aliphatic heterocycles. The van der Waals surface area contributed by atoms with Gasteiger partial charge in [0.2, 0.25) is 17.0 Å². The second kappa shape index (κ2) is 5.58. The van der Waals surface area contributed by atoms with Crippen molar-refractivity contribution < 1.29 is 9.72 Å². The maximum atomic E-state index is 11.7. The normalized spacial score (nSPS) is 13.9. The van der Waals surface area contributed by atoms with Gasteiger partial charge in [0.25, 0.3) is 0 Å². The number of aryl methyl sites for hydroxylation is 1. The van der Waals surface area contributed by atoms with Crippen LogP contribution in [0.5, 0.6) is 0 Å². The first-order chi connectivity index (χ1) is 9.38. The minimum absolute atomic E-state index is 0.0237. The molecule has 1 saturated carbocycles. The molecule has 0 atom stereocenters. The summed E-state index contributed by atoms with van der Waals surface area (Å²) in [5.74, 6) is -0.157. The van der Waals surface area contributed by atoms with Gasteiger partial charge < -0.3 is 10.2 Å². The standard InChI is InChI=1S/C11H14ClN5O3/c1-6-9(17(19)20)10(15-11(12)13-6)16(2)5-8(18)14-7-3-4-7/h7H,3-5H2,1-2H3,(H,14,18). The Labute approximate surface area is 120 Å². The molecule has 1 amide bonds. The number of amides is 1. The summed E-state index contributed by atoms with van der Waals surface area (Å²) in [7, 11) is 1.55. The summed E-state index contributed by atoms with van der Waals surface area (Å²) < 4.78 is 0. The molecule has 1 fully saturated rings. The van der Waals surface area contributed by atoms with Crippen LogP contribution in [0.15, 0.2) is 0 Å². The van der Waals surface area contributed by atoms with Crippen molar-refractivity contribution in [2.75, 3.05) is 18.5 Å². The number of halogens is 1. The Bertz CT molecular complexity index is 561. The number of anilines is 1. The molecule has 0 unspecified atom stereocenters. The molecule has 0 radical (unpaired) electrons. The van der Waals surface area contributed by atoms with E-state index in [1.165, 1.54) is 11.8 Å². The van der Waals surface area contributed by atoms with Crippen molar-refractivity contribution in [3.8, 4) is 0 Å². The summed E-state index contributed by atoms with van der Waals surface area (Å²) in [5.41, 5.74) is -0.0735. The SMILES string of the molecule is Cc1nc(Cl)nc(N(C)CC(=O)NC2CC2)c1[N+](=O)[O-]. The number of nitrogens with one attached hydrogen (secondary N) is 1. The first-order valence-corrected chi connectivity index (χ1v) is 6.45. The fraction of sp³-hybridized carbons (Fsp3) is 0.545. The third-order valence-corrected chi connectivity index (χ3v) is 3.05. The molecule has 1 aliphatic rings. The Morgan fingerprint density at radius 2 is 2.20 bits per heavy atom. The van der Waals surface area contributed by atoms with E-state index in [9.17, 15) is 14.9 Å². The van der Waals surface area contributed by atoms with Gasteiger partial charge in [0.05, 0.1) is 11.5 Å². The van der Waals surface area contributed by atoms with Crippen molar-refractivity contribution >= 4 is 29.0 Å². The van der Waals surface area contributed by atoms with Crippen molar-refractivity contribution in [3.05, 3.63) is 21.1 Å². The lowest BCUT2D eigenvalue weighted by molar-refractivity contribution is -0.385. The van der Waals surface area contributed by atoms with Crippen molar-refractivity contribution in [1.29, 1.82) is 0 Å². The summed E-state index contributed by atoms with van der Waals surface area (Å²) >= 11 is 5.73. The van der Waals surface area contributed by atoms with Crippen LogP contribution >= 0.6 is 11.6 Å². The van der Waals surface area contributed by atoms with Crippen LogP contribution < -0.4 is 10.2 Å². The molecule has 0 spiro atoms. The number of nitrogens with zero attached hydrogens (tertiary/aromatic N) is 4. The minimum atomic E-state index is -0.573. The summed E-state index contributed by atoms with van der Waals surface area (Å²) in [6.07, 6.45) is 1.96. The number of hydrogen-bond donors (Lipinski definition) is 1. The predicted octanol–water partition coefficient (Wildman–Crippen LogP) is 1.06. The van der Waals surface area contributed by atoms with Crippen molar-refractivity contribution in [2.45, 2.75) is 25.8 Å². The van der Waals surface area contributed by atoms with Crippen LogP contribution in [0.1, 0.15) is 18.5 Å². The van der Waals surface area contributed by atoms with E-state index in [4.69, 9.17) is 11.6 Å². The molecule has 108 valence electrons. The summed E-state index contributed by atoms with van der Waals surface area (Å²) in [4.78, 5) is 31.3. The Kier molecular flexibility index (Phi) is 4.03. The molecule has 8 nitrogen and oxygen atoms in total. The van der Waals surface area contributed by atoms with E-state index in [-0.39, 0.29) is 41.0 Å². The summed E-state index contributed by atoms with van der Waals surface area (Å²) in [6, 6.07) is 0.238. The third kappa shape index (κ3) is 3.32. The number of likely N-dealkylation sites (N-methyl/N-ethyl adjacent to an activating group) is 1. The van der Waals surface area contributed by atoms with Gasteiger partial charge in [-0.15, -0.1) is 0 Å². The highest BCUT2D eigenvalue weighted by molar-refractivity contribution is 6.28. The molecule has 1 heterocycles. The van der Waals surface area contributed by atoms with E-state index in [1.807, 2.05) is 0 Å². The highest BCUT2D eigenvalue weighted by Crippen LogP contribution is 2.29. The molecule has 1 aliphatic carbocycles. The van der Waals surface area contributed by atoms with Crippen LogP contribution in [-0.2, 0) is 4.79 Å². The Balaban J connectivity index is 2.20. The Morgan fingerprint density at radius 1 is 1.55 bits per heavy atom. The number of nitro groups is 1. The van der Waals surface area contributed by atoms with Gasteiger partial charge in [0.15, 0.2) is 0 Å². The molecule has 20 heavy (non-hydrogen) atoms. The fourth-order valence-electron chi connectivity index (χ4n) is 1.79. The number of carbonyl (C=O) groups is 1. The Morgan fingerprint density at radius 3 is 2.75 bits per heavy atom. The van der Waals surface area contributed by atoms with Crippen molar-refractivity contribution in [2.24, 2.45) is 0 Å². The predicted molar refractivity (Wildman–Crippen MR) is 72.9 cm³/mol. The zero-order valence-electron chi connectivity index (χ0n) is 11.1. The average Bonchev–Trinajstić information content (AvgIpc) is 3.10. The molecule has 0 aromatic carbocycles. The molecule has 1 N–H and O–H groups in total. The zero-order chi connectivity index (χ0) is 14.9. The molecule has 2 rings (SSSR count). The number of carbonyl (C=O) groups excluding carboxylic acids is 1. The van der Waals surface area contributed by atoms with Crippen LogP contribution in [0.25, 0.3) is 0 Å². The third-order valence-electron chi connectivity index (χ3n) is 2.88. The van der Waals surface area contributed by atoms with Crippen molar-refractivity contribution in [1.82, 2.24) is 15.3 Å². The number of aromatic nitrogens is 2. The van der Waals surface area contributed by atoms with Crippen LogP contribution in [-0.4, -0.2) is 40.4 Å². The summed E-state index contributed by atoms with van der Waals surface area (Å²) in [6.45, 7) is 1.46. The zero-order valence-corrected chi connectivity index (χ0v) is 11.8. The van der Waals surface area contributed by atoms with Gasteiger partial charge in [-0.2, -0.15) is 4.98 Å². The highest BCUT2D eigenvalue weighted by atomic mass is 35.5. The van der Waals surface area contributed by atoms with E-state index in [2.05, 4.69) is 15.3 Å². The lowest BCUT2D eigenvalue weighted by Gasteiger charge is -2.18.